The van der Waals surface area contributed by atoms with Gasteiger partial charge in [-0.2, -0.15) is 0 Å². The Hall–Kier alpha value is -4.89. The molecule has 0 bridgehead atoms. The van der Waals surface area contributed by atoms with Crippen molar-refractivity contribution < 1.29 is 51.4 Å². The normalized spacial score (nSPS) is 15.7. The molecule has 5 amide bonds. The van der Waals surface area contributed by atoms with Gasteiger partial charge in [0.25, 0.3) is 0 Å². The van der Waals surface area contributed by atoms with Gasteiger partial charge in [0, 0.05) is 64.9 Å². The van der Waals surface area contributed by atoms with Gasteiger partial charge in [0.15, 0.2) is 0 Å². The number of ether oxygens (including phenoxy) is 3. The summed E-state index contributed by atoms with van der Waals surface area (Å²) in [6, 6.07) is 9.37. The zero-order chi connectivity index (χ0) is 48.6. The molecule has 352 valence electrons. The third kappa shape index (κ3) is 15.1. The molecule has 0 radical (unpaired) electrons. The molecule has 21 heteroatoms. The van der Waals surface area contributed by atoms with Crippen LogP contribution >= 0.6 is 27.2 Å². The van der Waals surface area contributed by atoms with Crippen molar-refractivity contribution in [3.63, 3.8) is 0 Å². The molecule has 2 fully saturated rings. The zero-order valence-electron chi connectivity index (χ0n) is 38.4. The first kappa shape index (κ1) is 53.7. The first-order valence-electron chi connectivity index (χ1n) is 21.4. The second-order valence-corrected chi connectivity index (χ2v) is 30.4. The molecule has 4 heterocycles. The Bertz CT molecular complexity index is 2640. The fraction of sp³-hybridized carbons (Fsp3) is 0.489. The van der Waals surface area contributed by atoms with Crippen molar-refractivity contribution in [2.24, 2.45) is 14.1 Å². The van der Waals surface area contributed by atoms with Crippen molar-refractivity contribution >= 4 is 79.0 Å². The summed E-state index contributed by atoms with van der Waals surface area (Å²) in [5, 5.41) is 7.66. The number of nitrogens with zero attached hydrogens (tertiary/aromatic N) is 5. The second kappa shape index (κ2) is 25.9. The Morgan fingerprint density at radius 3 is 1.62 bits per heavy atom. The van der Waals surface area contributed by atoms with Gasteiger partial charge in [-0.3, -0.25) is 48.1 Å². The molecule has 2 aliphatic rings. The number of imide groups is 2. The number of imidazole rings is 2. The van der Waals surface area contributed by atoms with E-state index >= 15 is 0 Å². The molecule has 2 aromatic carbocycles. The average Bonchev–Trinajstić information content (AvgIpc) is 3.65. The van der Waals surface area contributed by atoms with Crippen LogP contribution in [0.3, 0.4) is 0 Å². The number of piperidine rings is 2. The van der Waals surface area contributed by atoms with E-state index in [0.29, 0.717) is 66.8 Å². The molecule has 0 spiro atoms. The topological polar surface area (TPSA) is 206 Å². The third-order valence-electron chi connectivity index (χ3n) is 10.2. The first-order chi connectivity index (χ1) is 31.4. The van der Waals surface area contributed by atoms with E-state index in [1.54, 1.807) is 45.4 Å². The number of fused-ring (bicyclic) bond motifs is 2. The molecule has 66 heavy (non-hydrogen) atoms. The van der Waals surface area contributed by atoms with E-state index in [0.717, 1.165) is 18.5 Å². The molecule has 3 N–H and O–H groups in total. The Kier molecular flexibility index (Phi) is 21.1. The number of nitrogens with one attached hydrogen (secondary N) is 3. The zero-order valence-corrected chi connectivity index (χ0v) is 44.5. The molecule has 0 saturated carbocycles. The van der Waals surface area contributed by atoms with E-state index in [2.05, 4.69) is 66.9 Å². The number of hydrogen-bond donors (Lipinski definition) is 3. The molecule has 2 aliphatic heterocycles. The Labute approximate surface area is 404 Å². The van der Waals surface area contributed by atoms with Crippen LogP contribution in [-0.2, 0) is 60.7 Å². The van der Waals surface area contributed by atoms with Gasteiger partial charge in [0.2, 0.25) is 23.6 Å². The average molecular weight is 1090 g/mol. The number of aromatic nitrogens is 4. The maximum atomic E-state index is 12.8. The summed E-state index contributed by atoms with van der Waals surface area (Å²) in [7, 11) is 6.89. The first-order valence-corrected chi connectivity index (χ1v) is 35.2. The van der Waals surface area contributed by atoms with Gasteiger partial charge in [0.1, 0.15) is 30.9 Å². The van der Waals surface area contributed by atoms with Crippen molar-refractivity contribution in [3.8, 4) is 23.7 Å². The molecule has 6 rings (SSSR count). The number of rotatable bonds is 12. The molecule has 2 saturated heterocycles. The van der Waals surface area contributed by atoms with Gasteiger partial charge < -0.3 is 24.4 Å². The van der Waals surface area contributed by atoms with E-state index in [1.165, 1.54) is 23.2 Å². The molecule has 18 nitrogen and oxygen atoms in total. The van der Waals surface area contributed by atoms with Crippen molar-refractivity contribution in [1.29, 1.82) is 0 Å². The van der Waals surface area contributed by atoms with Crippen LogP contribution in [0.2, 0.25) is 0 Å². The standard InChI is InChI=1S/C25H32N4O6.C20H24N4O4.2BrH.Zn/c1-25(2,3)35-24(33)27(4)13-7-15-34-14-6-8-17-9-10-18-20(16-17)28(5)23(32)29(18)19-11-12-21(30)26-22(19)31;1-21-10-4-12-28-11-3-5-14-6-7-15-17(13-14)23(2)20(27)24(15)16-8-9-18(25)22-19(16)26;;;/h9-10,16,19H,7,11-15H2,1-5H3,(H,26,30,31);6-7,13,16,21H,4,8-12H2,1-2H3,(H,22,25,26);2*1H;/q;;;;+2/p-2. The number of aryl methyl sites for hydroxylation is 2. The minimum atomic E-state index is -0.719. The number of carbonyl (C=O) groups excluding carboxylic acids is 5. The Morgan fingerprint density at radius 1 is 0.773 bits per heavy atom. The van der Waals surface area contributed by atoms with Gasteiger partial charge in [-0.15, -0.1) is 0 Å². The Morgan fingerprint density at radius 2 is 1.21 bits per heavy atom. The predicted molar refractivity (Wildman–Crippen MR) is 252 cm³/mol. The van der Waals surface area contributed by atoms with Crippen molar-refractivity contribution in [2.45, 2.75) is 77.0 Å². The number of halogens is 2. The Balaban J connectivity index is 0.000000278. The monoisotopic (exact) mass is 1090 g/mol. The molecular weight excluding hydrogens is 1040 g/mol. The summed E-state index contributed by atoms with van der Waals surface area (Å²) in [6.07, 6.45) is 2.23. The number of carbonyl (C=O) groups is 5. The molecule has 0 aliphatic carbocycles. The minimum absolute atomic E-state index is 0.195. The quantitative estimate of drug-likeness (QED) is 0.0803. The summed E-state index contributed by atoms with van der Waals surface area (Å²) >= 11 is 6.25. The van der Waals surface area contributed by atoms with Crippen molar-refractivity contribution in [3.05, 3.63) is 68.5 Å². The SMILES string of the molecule is CN(CCCOCC#Cc1ccc2c(c1)n(C)c(=O)n2C1CCC(=O)NC1=O)C(=O)OC(C)(C)C.CNCCCOCC#Cc1ccc2c(c1)n(C)c(=O)n2C1CCC(=O)NC1=O.[Br][Zn][Br]. The van der Waals surface area contributed by atoms with Crippen molar-refractivity contribution in [1.82, 2.24) is 39.1 Å². The number of hydrogen-bond acceptors (Lipinski definition) is 11. The molecule has 2 atom stereocenters. The van der Waals surface area contributed by atoms with Crippen LogP contribution < -0.4 is 27.3 Å². The van der Waals surface area contributed by atoms with E-state index in [4.69, 9.17) is 14.2 Å². The third-order valence-corrected chi connectivity index (χ3v) is 10.2. The fourth-order valence-corrected chi connectivity index (χ4v) is 7.05. The molecule has 2 aromatic heterocycles. The molecular formula is C45H56Br2N8O10Zn. The van der Waals surface area contributed by atoms with Crippen LogP contribution in [0.1, 0.15) is 82.5 Å². The molecule has 2 unspecified atom stereocenters. The van der Waals surface area contributed by atoms with E-state index in [9.17, 15) is 33.6 Å². The summed E-state index contributed by atoms with van der Waals surface area (Å²) in [5.41, 5.74) is 2.94. The number of benzene rings is 2. The summed E-state index contributed by atoms with van der Waals surface area (Å²) < 4.78 is 22.2. The van der Waals surface area contributed by atoms with Crippen LogP contribution in [0, 0.1) is 23.7 Å². The number of amides is 5. The summed E-state index contributed by atoms with van der Waals surface area (Å²) in [6.45, 7) is 8.56. The fourth-order valence-electron chi connectivity index (χ4n) is 7.05. The van der Waals surface area contributed by atoms with E-state index in [-0.39, 0.29) is 68.4 Å². The van der Waals surface area contributed by atoms with Gasteiger partial charge in [-0.1, -0.05) is 23.7 Å². The van der Waals surface area contributed by atoms with Crippen LogP contribution in [-0.4, -0.2) is 112 Å². The van der Waals surface area contributed by atoms with Crippen LogP contribution in [0.25, 0.3) is 22.1 Å². The van der Waals surface area contributed by atoms with Crippen LogP contribution in [0.15, 0.2) is 46.0 Å². The van der Waals surface area contributed by atoms with Gasteiger partial charge in [-0.25, -0.2) is 14.4 Å². The van der Waals surface area contributed by atoms with Crippen molar-refractivity contribution in [2.75, 3.05) is 53.6 Å². The van der Waals surface area contributed by atoms with Crippen LogP contribution in [0.4, 0.5) is 4.79 Å². The van der Waals surface area contributed by atoms with Gasteiger partial charge >= 0.3 is 57.9 Å². The second-order valence-electron chi connectivity index (χ2n) is 16.3. The van der Waals surface area contributed by atoms with Gasteiger partial charge in [-0.05, 0) is 96.4 Å². The van der Waals surface area contributed by atoms with Crippen LogP contribution in [0.5, 0.6) is 0 Å². The summed E-state index contributed by atoms with van der Waals surface area (Å²) in [4.78, 5) is 86.3. The summed E-state index contributed by atoms with van der Waals surface area (Å²) in [5.74, 6) is 10.4. The van der Waals surface area contributed by atoms with Gasteiger partial charge in [0.05, 0.1) is 22.1 Å². The van der Waals surface area contributed by atoms with E-state index in [1.807, 2.05) is 40.0 Å². The van der Waals surface area contributed by atoms with E-state index < -0.39 is 29.5 Å². The maximum absolute atomic E-state index is 12.8. The molecule has 4 aromatic rings. The predicted octanol–water partition coefficient (Wildman–Crippen LogP) is 3.93.